The molecule has 3 rings (SSSR count). The molecule has 2 aromatic rings. The van der Waals surface area contributed by atoms with Crippen LogP contribution >= 0.6 is 0 Å². The van der Waals surface area contributed by atoms with E-state index in [1.165, 1.54) is 11.1 Å². The second-order valence-electron chi connectivity index (χ2n) is 3.20. The van der Waals surface area contributed by atoms with Gasteiger partial charge < -0.3 is 0 Å². The number of rotatable bonds is 0. The highest BCUT2D eigenvalue weighted by Crippen LogP contribution is 2.23. The van der Waals surface area contributed by atoms with Gasteiger partial charge in [-0.15, -0.1) is 0 Å². The maximum absolute atomic E-state index is 4.27. The minimum absolute atomic E-state index is 0.979. The van der Waals surface area contributed by atoms with Crippen LogP contribution in [0.5, 0.6) is 0 Å². The van der Waals surface area contributed by atoms with Crippen molar-refractivity contribution in [2.24, 2.45) is 0 Å². The predicted octanol–water partition coefficient (Wildman–Crippen LogP) is 2.20. The van der Waals surface area contributed by atoms with Crippen LogP contribution in [0.4, 0.5) is 0 Å². The lowest BCUT2D eigenvalue weighted by atomic mass is 10.1. The van der Waals surface area contributed by atoms with Gasteiger partial charge in [0.1, 0.15) is 0 Å². The van der Waals surface area contributed by atoms with Crippen LogP contribution in [0.3, 0.4) is 0 Å². The van der Waals surface area contributed by atoms with Crippen LogP contribution in [0.25, 0.3) is 17.1 Å². The molecule has 1 aliphatic carbocycles. The second-order valence-corrected chi connectivity index (χ2v) is 3.20. The van der Waals surface area contributed by atoms with Crippen LogP contribution < -0.4 is 0 Å². The Kier molecular flexibility index (Phi) is 1.25. The Morgan fingerprint density at radius 1 is 1.00 bits per heavy atom. The van der Waals surface area contributed by atoms with E-state index in [0.717, 1.165) is 17.5 Å². The first-order chi connectivity index (χ1) is 6.43. The van der Waals surface area contributed by atoms with E-state index in [9.17, 15) is 0 Å². The van der Waals surface area contributed by atoms with Crippen molar-refractivity contribution in [3.63, 3.8) is 0 Å². The normalized spacial score (nSPS) is 13.5. The van der Waals surface area contributed by atoms with Gasteiger partial charge in [0.2, 0.25) is 0 Å². The van der Waals surface area contributed by atoms with Gasteiger partial charge >= 0.3 is 0 Å². The summed E-state index contributed by atoms with van der Waals surface area (Å²) in [5.74, 6) is 0. The van der Waals surface area contributed by atoms with Crippen molar-refractivity contribution >= 4 is 17.1 Å². The van der Waals surface area contributed by atoms with Gasteiger partial charge in [-0.3, -0.25) is 9.97 Å². The first kappa shape index (κ1) is 6.78. The summed E-state index contributed by atoms with van der Waals surface area (Å²) in [5.41, 5.74) is 4.61. The summed E-state index contributed by atoms with van der Waals surface area (Å²) in [6.45, 7) is 0. The molecule has 0 atom stereocenters. The second kappa shape index (κ2) is 2.39. The van der Waals surface area contributed by atoms with Crippen molar-refractivity contribution in [3.05, 3.63) is 41.7 Å². The van der Waals surface area contributed by atoms with E-state index in [-0.39, 0.29) is 0 Å². The summed E-state index contributed by atoms with van der Waals surface area (Å²) in [4.78, 5) is 8.53. The Morgan fingerprint density at radius 3 is 2.62 bits per heavy atom. The van der Waals surface area contributed by atoms with E-state index in [2.05, 4.69) is 34.3 Å². The molecule has 1 aromatic carbocycles. The lowest BCUT2D eigenvalue weighted by Crippen LogP contribution is -1.86. The zero-order valence-corrected chi connectivity index (χ0v) is 7.07. The number of allylic oxidation sites excluding steroid dienone is 1. The van der Waals surface area contributed by atoms with Crippen molar-refractivity contribution in [1.82, 2.24) is 9.97 Å². The molecule has 0 unspecified atom stereocenters. The van der Waals surface area contributed by atoms with Gasteiger partial charge in [-0.1, -0.05) is 12.2 Å². The standard InChI is InChI=1S/C11H8N2/c1-2-8-6-10-11(7-9(8)3-1)13-5-4-12-10/h1-2,4-7H,3H2. The lowest BCUT2D eigenvalue weighted by Gasteiger charge is -2.00. The number of aromatic nitrogens is 2. The molecule has 2 heteroatoms. The number of nitrogens with zero attached hydrogens (tertiary/aromatic N) is 2. The minimum atomic E-state index is 0.979. The number of fused-ring (bicyclic) bond motifs is 2. The van der Waals surface area contributed by atoms with Crippen LogP contribution in [0, 0.1) is 0 Å². The quantitative estimate of drug-likeness (QED) is 0.602. The molecule has 0 N–H and O–H groups in total. The molecule has 0 saturated heterocycles. The molecule has 0 aliphatic heterocycles. The van der Waals surface area contributed by atoms with Gasteiger partial charge in [0.15, 0.2) is 0 Å². The first-order valence-corrected chi connectivity index (χ1v) is 4.34. The smallest absolute Gasteiger partial charge is 0.0892 e. The van der Waals surface area contributed by atoms with Gasteiger partial charge in [0.05, 0.1) is 11.0 Å². The summed E-state index contributed by atoms with van der Waals surface area (Å²) >= 11 is 0. The summed E-state index contributed by atoms with van der Waals surface area (Å²) < 4.78 is 0. The largest absolute Gasteiger partial charge is 0.253 e. The van der Waals surface area contributed by atoms with E-state index < -0.39 is 0 Å². The average Bonchev–Trinajstić information content (AvgIpc) is 2.61. The third-order valence-electron chi connectivity index (χ3n) is 2.37. The zero-order chi connectivity index (χ0) is 8.67. The number of hydrogen-bond acceptors (Lipinski definition) is 2. The minimum Gasteiger partial charge on any atom is -0.253 e. The van der Waals surface area contributed by atoms with Crippen LogP contribution in [0.2, 0.25) is 0 Å². The molecule has 0 spiro atoms. The highest BCUT2D eigenvalue weighted by atomic mass is 14.8. The molecule has 1 aliphatic rings. The van der Waals surface area contributed by atoms with Gasteiger partial charge in [-0.05, 0) is 29.7 Å². The molecule has 0 bridgehead atoms. The van der Waals surface area contributed by atoms with Crippen molar-refractivity contribution in [1.29, 1.82) is 0 Å². The molecule has 13 heavy (non-hydrogen) atoms. The van der Waals surface area contributed by atoms with E-state index in [1.54, 1.807) is 12.4 Å². The molecule has 2 nitrogen and oxygen atoms in total. The molecular weight excluding hydrogens is 160 g/mol. The molecule has 0 saturated carbocycles. The molecule has 1 aromatic heterocycles. The van der Waals surface area contributed by atoms with Crippen LogP contribution in [0.1, 0.15) is 11.1 Å². The molecule has 0 amide bonds. The lowest BCUT2D eigenvalue weighted by molar-refractivity contribution is 1.26. The molecular formula is C11H8N2. The van der Waals surface area contributed by atoms with Gasteiger partial charge in [-0.25, -0.2) is 0 Å². The maximum atomic E-state index is 4.27. The fraction of sp³-hybridized carbons (Fsp3) is 0.0909. The molecule has 0 fully saturated rings. The summed E-state index contributed by atoms with van der Waals surface area (Å²) in [5, 5.41) is 0. The Hall–Kier alpha value is -1.70. The van der Waals surface area contributed by atoms with E-state index in [4.69, 9.17) is 0 Å². The SMILES string of the molecule is C1=Cc2cc3nccnc3cc2C1. The van der Waals surface area contributed by atoms with Crippen molar-refractivity contribution < 1.29 is 0 Å². The summed E-state index contributed by atoms with van der Waals surface area (Å²) in [6, 6.07) is 4.22. The van der Waals surface area contributed by atoms with E-state index in [1.807, 2.05) is 0 Å². The topological polar surface area (TPSA) is 25.8 Å². The van der Waals surface area contributed by atoms with Crippen molar-refractivity contribution in [2.75, 3.05) is 0 Å². The summed E-state index contributed by atoms with van der Waals surface area (Å²) in [7, 11) is 0. The highest BCUT2D eigenvalue weighted by Gasteiger charge is 2.06. The van der Waals surface area contributed by atoms with Gasteiger partial charge in [0, 0.05) is 12.4 Å². The summed E-state index contributed by atoms with van der Waals surface area (Å²) in [6.07, 6.45) is 8.80. The monoisotopic (exact) mass is 168 g/mol. The van der Waals surface area contributed by atoms with Crippen molar-refractivity contribution in [2.45, 2.75) is 6.42 Å². The Labute approximate surface area is 76.0 Å². The van der Waals surface area contributed by atoms with Gasteiger partial charge in [0.25, 0.3) is 0 Å². The van der Waals surface area contributed by atoms with Gasteiger partial charge in [-0.2, -0.15) is 0 Å². The Bertz CT molecular complexity index is 500. The van der Waals surface area contributed by atoms with E-state index >= 15 is 0 Å². The third-order valence-corrected chi connectivity index (χ3v) is 2.37. The molecule has 0 radical (unpaired) electrons. The van der Waals surface area contributed by atoms with Crippen LogP contribution in [0.15, 0.2) is 30.6 Å². The predicted molar refractivity (Wildman–Crippen MR) is 52.3 cm³/mol. The van der Waals surface area contributed by atoms with Crippen LogP contribution in [-0.4, -0.2) is 9.97 Å². The fourth-order valence-electron chi connectivity index (χ4n) is 1.72. The highest BCUT2D eigenvalue weighted by molar-refractivity contribution is 5.80. The Morgan fingerprint density at radius 2 is 1.77 bits per heavy atom. The Balaban J connectivity index is 2.40. The first-order valence-electron chi connectivity index (χ1n) is 4.34. The van der Waals surface area contributed by atoms with E-state index in [0.29, 0.717) is 0 Å². The van der Waals surface area contributed by atoms with Crippen molar-refractivity contribution in [3.8, 4) is 0 Å². The molecule has 62 valence electrons. The fourth-order valence-corrected chi connectivity index (χ4v) is 1.72. The number of benzene rings is 1. The molecule has 1 heterocycles. The average molecular weight is 168 g/mol. The number of hydrogen-bond donors (Lipinski definition) is 0. The zero-order valence-electron chi connectivity index (χ0n) is 7.07. The maximum Gasteiger partial charge on any atom is 0.0892 e. The third kappa shape index (κ3) is 0.952. The van der Waals surface area contributed by atoms with Crippen LogP contribution in [-0.2, 0) is 6.42 Å².